The van der Waals surface area contributed by atoms with Gasteiger partial charge >= 0.3 is 18.1 Å². The molecule has 1 aromatic heterocycles. The molecule has 0 aliphatic carbocycles. The Morgan fingerprint density at radius 2 is 2.05 bits per heavy atom. The molecule has 116 valence electrons. The summed E-state index contributed by atoms with van der Waals surface area (Å²) in [6.45, 7) is 0. The first-order valence-electron chi connectivity index (χ1n) is 4.95. The molecule has 0 aliphatic heterocycles. The second kappa shape index (κ2) is 5.85. The molecule has 0 aliphatic rings. The average molecular weight is 316 g/mol. The van der Waals surface area contributed by atoms with Crippen LogP contribution < -0.4 is 4.74 Å². The molecule has 1 rings (SSSR count). The van der Waals surface area contributed by atoms with E-state index in [-0.39, 0.29) is 6.07 Å². The standard InChI is InChI=1S/C9H5F5N2O5/c10-8(11)3-1-5(16(19)20)15-4(2-6(17)18)7(3)21-9(12,13)14/h1,8H,2H2,(H,17,18). The van der Waals surface area contributed by atoms with Crippen LogP contribution in [0.1, 0.15) is 17.7 Å². The van der Waals surface area contributed by atoms with Crippen molar-refractivity contribution >= 4 is 11.8 Å². The summed E-state index contributed by atoms with van der Waals surface area (Å²) < 4.78 is 65.3. The van der Waals surface area contributed by atoms with Gasteiger partial charge < -0.3 is 20.0 Å². The maximum Gasteiger partial charge on any atom is 0.573 e. The molecule has 0 spiro atoms. The zero-order chi connectivity index (χ0) is 16.4. The van der Waals surface area contributed by atoms with Crippen LogP contribution in [-0.2, 0) is 11.2 Å². The largest absolute Gasteiger partial charge is 0.573 e. The third-order valence-corrected chi connectivity index (χ3v) is 2.02. The van der Waals surface area contributed by atoms with E-state index in [0.717, 1.165) is 0 Å². The summed E-state index contributed by atoms with van der Waals surface area (Å²) in [5.41, 5.74) is -2.59. The lowest BCUT2D eigenvalue weighted by atomic mass is 10.1. The highest BCUT2D eigenvalue weighted by molar-refractivity contribution is 5.71. The van der Waals surface area contributed by atoms with Gasteiger partial charge in [0.05, 0.1) is 5.56 Å². The van der Waals surface area contributed by atoms with Gasteiger partial charge in [0.25, 0.3) is 6.43 Å². The summed E-state index contributed by atoms with van der Waals surface area (Å²) in [6, 6.07) is 0.0943. The SMILES string of the molecule is O=C(O)Cc1nc([N+](=O)[O-])cc(C(F)F)c1OC(F)(F)F. The fourth-order valence-electron chi connectivity index (χ4n) is 1.34. The number of alkyl halides is 5. The van der Waals surface area contributed by atoms with E-state index in [1.807, 2.05) is 0 Å². The lowest BCUT2D eigenvalue weighted by Gasteiger charge is -2.13. The Hall–Kier alpha value is -2.53. The average Bonchev–Trinajstić information content (AvgIpc) is 2.27. The Bertz CT molecular complexity index is 574. The van der Waals surface area contributed by atoms with E-state index in [1.165, 1.54) is 0 Å². The zero-order valence-electron chi connectivity index (χ0n) is 9.73. The lowest BCUT2D eigenvalue weighted by Crippen LogP contribution is -2.21. The second-order valence-electron chi connectivity index (χ2n) is 3.52. The van der Waals surface area contributed by atoms with Crippen molar-refractivity contribution in [2.45, 2.75) is 19.2 Å². The van der Waals surface area contributed by atoms with E-state index in [1.54, 1.807) is 0 Å². The van der Waals surface area contributed by atoms with Crippen LogP contribution in [0.25, 0.3) is 0 Å². The highest BCUT2D eigenvalue weighted by Gasteiger charge is 2.38. The van der Waals surface area contributed by atoms with Gasteiger partial charge in [0.15, 0.2) is 5.75 Å². The highest BCUT2D eigenvalue weighted by Crippen LogP contribution is 2.37. The summed E-state index contributed by atoms with van der Waals surface area (Å²) >= 11 is 0. The molecule has 0 saturated carbocycles. The van der Waals surface area contributed by atoms with Crippen LogP contribution in [0, 0.1) is 10.1 Å². The number of aliphatic carboxylic acids is 1. The molecule has 0 amide bonds. The number of hydrogen-bond acceptors (Lipinski definition) is 5. The van der Waals surface area contributed by atoms with Crippen LogP contribution in [0.4, 0.5) is 27.8 Å². The van der Waals surface area contributed by atoms with Crippen molar-refractivity contribution in [1.29, 1.82) is 0 Å². The fraction of sp³-hybridized carbons (Fsp3) is 0.333. The van der Waals surface area contributed by atoms with E-state index in [2.05, 4.69) is 9.72 Å². The van der Waals surface area contributed by atoms with E-state index in [4.69, 9.17) is 5.11 Å². The molecule has 0 aromatic carbocycles. The minimum absolute atomic E-state index is 0.0943. The number of carbonyl (C=O) groups is 1. The van der Waals surface area contributed by atoms with Crippen molar-refractivity contribution in [3.05, 3.63) is 27.4 Å². The normalized spacial score (nSPS) is 11.5. The number of pyridine rings is 1. The number of ether oxygens (including phenoxy) is 1. The van der Waals surface area contributed by atoms with Crippen molar-refractivity contribution in [2.75, 3.05) is 0 Å². The molecule has 0 bridgehead atoms. The molecule has 0 radical (unpaired) electrons. The molecule has 1 aromatic rings. The maximum atomic E-state index is 12.7. The van der Waals surface area contributed by atoms with Gasteiger partial charge in [-0.3, -0.25) is 4.79 Å². The van der Waals surface area contributed by atoms with E-state index in [0.29, 0.717) is 0 Å². The van der Waals surface area contributed by atoms with Gasteiger partial charge in [-0.25, -0.2) is 8.78 Å². The van der Waals surface area contributed by atoms with Crippen LogP contribution in [0.15, 0.2) is 6.07 Å². The van der Waals surface area contributed by atoms with Crippen LogP contribution in [0.3, 0.4) is 0 Å². The Balaban J connectivity index is 3.53. The number of rotatable bonds is 5. The number of hydrogen-bond donors (Lipinski definition) is 1. The van der Waals surface area contributed by atoms with Crippen LogP contribution >= 0.6 is 0 Å². The summed E-state index contributed by atoms with van der Waals surface area (Å²) in [5, 5.41) is 19.0. The van der Waals surface area contributed by atoms with Gasteiger partial charge in [-0.2, -0.15) is 0 Å². The third kappa shape index (κ3) is 4.50. The number of aromatic nitrogens is 1. The Labute approximate surface area is 112 Å². The van der Waals surface area contributed by atoms with Crippen molar-refractivity contribution in [3.8, 4) is 5.75 Å². The second-order valence-corrected chi connectivity index (χ2v) is 3.52. The van der Waals surface area contributed by atoms with Crippen molar-refractivity contribution in [3.63, 3.8) is 0 Å². The number of halogens is 5. The number of nitrogens with zero attached hydrogens (tertiary/aromatic N) is 2. The summed E-state index contributed by atoms with van der Waals surface area (Å²) in [5.74, 6) is -4.49. The van der Waals surface area contributed by atoms with Gasteiger partial charge in [-0.1, -0.05) is 0 Å². The van der Waals surface area contributed by atoms with Crippen LogP contribution in [-0.4, -0.2) is 27.3 Å². The smallest absolute Gasteiger partial charge is 0.481 e. The summed E-state index contributed by atoms with van der Waals surface area (Å²) in [6.07, 6.45) is -10.2. The predicted octanol–water partition coefficient (Wildman–Crippen LogP) is 2.45. The number of carboxylic acids is 1. The zero-order valence-corrected chi connectivity index (χ0v) is 9.73. The minimum atomic E-state index is -5.39. The van der Waals surface area contributed by atoms with Gasteiger partial charge in [-0.05, 0) is 9.91 Å². The van der Waals surface area contributed by atoms with Gasteiger partial charge in [0, 0.05) is 6.07 Å². The lowest BCUT2D eigenvalue weighted by molar-refractivity contribution is -0.389. The first-order chi connectivity index (χ1) is 9.51. The quantitative estimate of drug-likeness (QED) is 0.508. The van der Waals surface area contributed by atoms with E-state index < -0.39 is 52.9 Å². The molecular weight excluding hydrogens is 311 g/mol. The molecule has 7 nitrogen and oxygen atoms in total. The van der Waals surface area contributed by atoms with Crippen LogP contribution in [0.5, 0.6) is 5.75 Å². The molecule has 0 atom stereocenters. The van der Waals surface area contributed by atoms with Crippen molar-refractivity contribution < 1.29 is 41.5 Å². The summed E-state index contributed by atoms with van der Waals surface area (Å²) in [4.78, 5) is 22.8. The monoisotopic (exact) mass is 316 g/mol. The van der Waals surface area contributed by atoms with Crippen molar-refractivity contribution in [1.82, 2.24) is 4.98 Å². The molecule has 21 heavy (non-hydrogen) atoms. The topological polar surface area (TPSA) is 103 Å². The van der Waals surface area contributed by atoms with Gasteiger partial charge in [0.2, 0.25) is 5.69 Å². The van der Waals surface area contributed by atoms with E-state index >= 15 is 0 Å². The minimum Gasteiger partial charge on any atom is -0.481 e. The molecule has 1 N–H and O–H groups in total. The maximum absolute atomic E-state index is 12.7. The molecule has 0 unspecified atom stereocenters. The predicted molar refractivity (Wildman–Crippen MR) is 53.9 cm³/mol. The number of carboxylic acid groups (broad SMARTS) is 1. The van der Waals surface area contributed by atoms with E-state index in [9.17, 15) is 36.9 Å². The fourth-order valence-corrected chi connectivity index (χ4v) is 1.34. The molecular formula is C9H5F5N2O5. The first-order valence-corrected chi connectivity index (χ1v) is 4.95. The van der Waals surface area contributed by atoms with Crippen LogP contribution in [0.2, 0.25) is 0 Å². The Morgan fingerprint density at radius 1 is 1.48 bits per heavy atom. The number of nitro groups is 1. The molecule has 0 saturated heterocycles. The van der Waals surface area contributed by atoms with Gasteiger partial charge in [-0.15, -0.1) is 13.2 Å². The first kappa shape index (κ1) is 16.5. The summed E-state index contributed by atoms with van der Waals surface area (Å²) in [7, 11) is 0. The van der Waals surface area contributed by atoms with Gasteiger partial charge in [0.1, 0.15) is 6.42 Å². The third-order valence-electron chi connectivity index (χ3n) is 2.02. The highest BCUT2D eigenvalue weighted by atomic mass is 19.4. The molecule has 1 heterocycles. The Morgan fingerprint density at radius 3 is 2.43 bits per heavy atom. The molecule has 0 fully saturated rings. The Kier molecular flexibility index (Phi) is 4.60. The molecule has 12 heteroatoms. The van der Waals surface area contributed by atoms with Crippen molar-refractivity contribution in [2.24, 2.45) is 0 Å².